The topological polar surface area (TPSA) is 54.9 Å². The van der Waals surface area contributed by atoms with E-state index in [1.54, 1.807) is 36.9 Å². The van der Waals surface area contributed by atoms with E-state index in [0.717, 1.165) is 11.1 Å². The highest BCUT2D eigenvalue weighted by atomic mass is 16.1. The number of hydrogen-bond acceptors (Lipinski definition) is 3. The smallest absolute Gasteiger partial charge is 0.253 e. The number of carbonyl (C=O) groups excluding carboxylic acids is 1. The third-order valence-electron chi connectivity index (χ3n) is 2.50. The summed E-state index contributed by atoms with van der Waals surface area (Å²) in [6.07, 6.45) is 6.70. The van der Waals surface area contributed by atoms with Crippen LogP contribution in [0.3, 0.4) is 0 Å². The quantitative estimate of drug-likeness (QED) is 0.868. The van der Waals surface area contributed by atoms with Gasteiger partial charge in [0.15, 0.2) is 0 Å². The van der Waals surface area contributed by atoms with Crippen LogP contribution in [0.4, 0.5) is 0 Å². The molecule has 0 atom stereocenters. The minimum atomic E-state index is -0.116. The van der Waals surface area contributed by atoms with Crippen molar-refractivity contribution in [2.45, 2.75) is 13.5 Å². The van der Waals surface area contributed by atoms with Crippen molar-refractivity contribution in [3.63, 3.8) is 0 Å². The van der Waals surface area contributed by atoms with Gasteiger partial charge in [0.1, 0.15) is 0 Å². The molecule has 2 heterocycles. The first-order valence-corrected chi connectivity index (χ1v) is 5.35. The number of aryl methyl sites for hydroxylation is 1. The van der Waals surface area contributed by atoms with Gasteiger partial charge in [-0.15, -0.1) is 0 Å². The van der Waals surface area contributed by atoms with Crippen LogP contribution in [0, 0.1) is 6.92 Å². The van der Waals surface area contributed by atoms with Gasteiger partial charge in [-0.2, -0.15) is 0 Å². The Kier molecular flexibility index (Phi) is 3.45. The van der Waals surface area contributed by atoms with E-state index in [-0.39, 0.29) is 5.91 Å². The third-order valence-corrected chi connectivity index (χ3v) is 2.50. The van der Waals surface area contributed by atoms with Gasteiger partial charge in [0.05, 0.1) is 5.56 Å². The van der Waals surface area contributed by atoms with E-state index in [9.17, 15) is 4.79 Å². The van der Waals surface area contributed by atoms with Crippen LogP contribution in [0.15, 0.2) is 43.0 Å². The Morgan fingerprint density at radius 1 is 1.24 bits per heavy atom. The van der Waals surface area contributed by atoms with E-state index in [4.69, 9.17) is 0 Å². The molecule has 1 N–H and O–H groups in total. The minimum absolute atomic E-state index is 0.116. The summed E-state index contributed by atoms with van der Waals surface area (Å²) in [5.74, 6) is -0.116. The van der Waals surface area contributed by atoms with Crippen LogP contribution >= 0.6 is 0 Å². The molecule has 2 aromatic heterocycles. The van der Waals surface area contributed by atoms with E-state index >= 15 is 0 Å². The number of rotatable bonds is 3. The summed E-state index contributed by atoms with van der Waals surface area (Å²) in [5.41, 5.74) is 2.70. The first-order valence-electron chi connectivity index (χ1n) is 5.35. The molecular weight excluding hydrogens is 214 g/mol. The Labute approximate surface area is 99.7 Å². The maximum absolute atomic E-state index is 11.8. The van der Waals surface area contributed by atoms with Gasteiger partial charge >= 0.3 is 0 Å². The highest BCUT2D eigenvalue weighted by molar-refractivity contribution is 5.93. The maximum Gasteiger partial charge on any atom is 0.253 e. The van der Waals surface area contributed by atoms with Crippen molar-refractivity contribution in [1.82, 2.24) is 15.3 Å². The Morgan fingerprint density at radius 3 is 2.76 bits per heavy atom. The second-order valence-electron chi connectivity index (χ2n) is 3.73. The lowest BCUT2D eigenvalue weighted by atomic mass is 10.1. The molecule has 4 heteroatoms. The Morgan fingerprint density at radius 2 is 2.06 bits per heavy atom. The van der Waals surface area contributed by atoms with Gasteiger partial charge in [0, 0.05) is 31.3 Å². The maximum atomic E-state index is 11.8. The average molecular weight is 227 g/mol. The van der Waals surface area contributed by atoms with Crippen molar-refractivity contribution in [3.05, 3.63) is 59.7 Å². The van der Waals surface area contributed by atoms with Crippen LogP contribution in [0.25, 0.3) is 0 Å². The van der Waals surface area contributed by atoms with E-state index in [1.807, 2.05) is 13.0 Å². The largest absolute Gasteiger partial charge is 0.348 e. The normalized spacial score (nSPS) is 9.94. The van der Waals surface area contributed by atoms with Crippen molar-refractivity contribution in [2.75, 3.05) is 0 Å². The molecule has 0 aliphatic rings. The molecule has 0 saturated heterocycles. The molecule has 0 fully saturated rings. The fraction of sp³-hybridized carbons (Fsp3) is 0.154. The lowest BCUT2D eigenvalue weighted by Crippen LogP contribution is -2.23. The Hall–Kier alpha value is -2.23. The molecule has 0 bridgehead atoms. The SMILES string of the molecule is Cc1cnccc1CNC(=O)c1cccnc1. The molecule has 0 spiro atoms. The summed E-state index contributed by atoms with van der Waals surface area (Å²) in [7, 11) is 0. The summed E-state index contributed by atoms with van der Waals surface area (Å²) in [6.45, 7) is 2.47. The van der Waals surface area contributed by atoms with Crippen LogP contribution < -0.4 is 5.32 Å². The fourth-order valence-corrected chi connectivity index (χ4v) is 1.48. The molecular formula is C13H13N3O. The van der Waals surface area contributed by atoms with Gasteiger partial charge in [0.2, 0.25) is 0 Å². The van der Waals surface area contributed by atoms with Gasteiger partial charge < -0.3 is 5.32 Å². The van der Waals surface area contributed by atoms with Crippen molar-refractivity contribution >= 4 is 5.91 Å². The van der Waals surface area contributed by atoms with Crippen molar-refractivity contribution in [2.24, 2.45) is 0 Å². The zero-order chi connectivity index (χ0) is 12.1. The number of amides is 1. The monoisotopic (exact) mass is 227 g/mol. The Bertz CT molecular complexity index is 511. The van der Waals surface area contributed by atoms with Gasteiger partial charge in [-0.05, 0) is 36.2 Å². The first kappa shape index (κ1) is 11.3. The highest BCUT2D eigenvalue weighted by Crippen LogP contribution is 2.04. The van der Waals surface area contributed by atoms with Crippen LogP contribution in [0.5, 0.6) is 0 Å². The molecule has 1 amide bonds. The summed E-state index contributed by atoms with van der Waals surface area (Å²) in [6, 6.07) is 5.38. The zero-order valence-electron chi connectivity index (χ0n) is 9.55. The molecule has 2 aromatic rings. The standard InChI is InChI=1S/C13H13N3O/c1-10-7-15-6-4-11(10)9-16-13(17)12-3-2-5-14-8-12/h2-8H,9H2,1H3,(H,16,17). The number of pyridine rings is 2. The lowest BCUT2D eigenvalue weighted by Gasteiger charge is -2.07. The van der Waals surface area contributed by atoms with E-state index < -0.39 is 0 Å². The van der Waals surface area contributed by atoms with Gasteiger partial charge in [-0.25, -0.2) is 0 Å². The average Bonchev–Trinajstić information content (AvgIpc) is 2.38. The van der Waals surface area contributed by atoms with E-state index in [0.29, 0.717) is 12.1 Å². The molecule has 4 nitrogen and oxygen atoms in total. The number of nitrogens with zero attached hydrogens (tertiary/aromatic N) is 2. The second kappa shape index (κ2) is 5.21. The molecule has 0 radical (unpaired) electrons. The van der Waals surface area contributed by atoms with Gasteiger partial charge in [-0.1, -0.05) is 0 Å². The molecule has 17 heavy (non-hydrogen) atoms. The molecule has 86 valence electrons. The summed E-state index contributed by atoms with van der Waals surface area (Å²) in [5, 5.41) is 2.85. The van der Waals surface area contributed by atoms with Crippen LogP contribution in [0.2, 0.25) is 0 Å². The molecule has 0 saturated carbocycles. The van der Waals surface area contributed by atoms with Crippen molar-refractivity contribution < 1.29 is 4.79 Å². The van der Waals surface area contributed by atoms with Crippen molar-refractivity contribution in [3.8, 4) is 0 Å². The number of nitrogens with one attached hydrogen (secondary N) is 1. The summed E-state index contributed by atoms with van der Waals surface area (Å²) >= 11 is 0. The van der Waals surface area contributed by atoms with Crippen LogP contribution in [-0.4, -0.2) is 15.9 Å². The summed E-state index contributed by atoms with van der Waals surface area (Å²) < 4.78 is 0. The highest BCUT2D eigenvalue weighted by Gasteiger charge is 2.05. The number of hydrogen-bond donors (Lipinski definition) is 1. The summed E-state index contributed by atoms with van der Waals surface area (Å²) in [4.78, 5) is 19.7. The van der Waals surface area contributed by atoms with E-state index in [1.165, 1.54) is 0 Å². The van der Waals surface area contributed by atoms with Crippen LogP contribution in [0.1, 0.15) is 21.5 Å². The van der Waals surface area contributed by atoms with Crippen LogP contribution in [-0.2, 0) is 6.54 Å². The minimum Gasteiger partial charge on any atom is -0.348 e. The van der Waals surface area contributed by atoms with E-state index in [2.05, 4.69) is 15.3 Å². The molecule has 0 unspecified atom stereocenters. The van der Waals surface area contributed by atoms with Gasteiger partial charge in [-0.3, -0.25) is 14.8 Å². The number of carbonyl (C=O) groups is 1. The predicted molar refractivity (Wildman–Crippen MR) is 64.4 cm³/mol. The third kappa shape index (κ3) is 2.87. The molecule has 2 rings (SSSR count). The lowest BCUT2D eigenvalue weighted by molar-refractivity contribution is 0.0950. The van der Waals surface area contributed by atoms with Crippen molar-refractivity contribution in [1.29, 1.82) is 0 Å². The van der Waals surface area contributed by atoms with Gasteiger partial charge in [0.25, 0.3) is 5.91 Å². The number of aromatic nitrogens is 2. The molecule has 0 aromatic carbocycles. The zero-order valence-corrected chi connectivity index (χ0v) is 9.55. The molecule has 0 aliphatic heterocycles. The fourth-order valence-electron chi connectivity index (χ4n) is 1.48. The second-order valence-corrected chi connectivity index (χ2v) is 3.73. The Balaban J connectivity index is 2.00. The first-order chi connectivity index (χ1) is 8.27. The predicted octanol–water partition coefficient (Wildman–Crippen LogP) is 1.72. The molecule has 0 aliphatic carbocycles.